The third-order valence-corrected chi connectivity index (χ3v) is 6.84. The molecule has 0 bridgehead atoms. The number of aromatic nitrogens is 1. The molecule has 0 saturated carbocycles. The van der Waals surface area contributed by atoms with Crippen LogP contribution in [0.15, 0.2) is 60.9 Å². The Labute approximate surface area is 181 Å². The van der Waals surface area contributed by atoms with Gasteiger partial charge < -0.3 is 10.6 Å². The van der Waals surface area contributed by atoms with Crippen LogP contribution in [0, 0.1) is 5.41 Å². The average molecular weight is 419 g/mol. The van der Waals surface area contributed by atoms with Gasteiger partial charge >= 0.3 is 0 Å². The standard InChI is InChI=1S/C24H26N4OS/c25-23(26)20-5-1-4-19(15-20)18-10-13-28(14-11-18)24(29)22-9-8-21(30-22)7-6-17-3-2-12-27-16-17/h1-5,8-9,12,15-16,18H,6-7,10-11,13-14H2,(H3,25,26). The Morgan fingerprint density at radius 2 is 1.97 bits per heavy atom. The molecule has 1 aliphatic rings. The molecule has 4 rings (SSSR count). The molecule has 0 spiro atoms. The maximum absolute atomic E-state index is 13.0. The quantitative estimate of drug-likeness (QED) is 0.464. The zero-order chi connectivity index (χ0) is 20.9. The lowest BCUT2D eigenvalue weighted by Gasteiger charge is -2.32. The van der Waals surface area contributed by atoms with Crippen LogP contribution in [0.3, 0.4) is 0 Å². The van der Waals surface area contributed by atoms with Gasteiger partial charge in [0.15, 0.2) is 0 Å². The third-order valence-electron chi connectivity index (χ3n) is 5.71. The number of carbonyl (C=O) groups excluding carboxylic acids is 1. The zero-order valence-electron chi connectivity index (χ0n) is 16.9. The number of piperidine rings is 1. The predicted octanol–water partition coefficient (Wildman–Crippen LogP) is 4.23. The molecule has 1 amide bonds. The first-order chi connectivity index (χ1) is 14.6. The molecule has 0 radical (unpaired) electrons. The van der Waals surface area contributed by atoms with E-state index in [4.69, 9.17) is 11.1 Å². The molecule has 5 nitrogen and oxygen atoms in total. The SMILES string of the molecule is N=C(N)c1cccc(C2CCN(C(=O)c3ccc(CCc4cccnc4)s3)CC2)c1. The molecule has 0 atom stereocenters. The number of hydrogen-bond acceptors (Lipinski definition) is 4. The van der Waals surface area contributed by atoms with Gasteiger partial charge in [0.1, 0.15) is 5.84 Å². The van der Waals surface area contributed by atoms with Crippen molar-refractivity contribution in [1.29, 1.82) is 5.41 Å². The number of rotatable bonds is 6. The molecule has 0 unspecified atom stereocenters. The first kappa shape index (κ1) is 20.3. The number of nitrogens with two attached hydrogens (primary N) is 1. The summed E-state index contributed by atoms with van der Waals surface area (Å²) in [5.41, 5.74) is 8.82. The van der Waals surface area contributed by atoms with E-state index in [1.54, 1.807) is 17.5 Å². The van der Waals surface area contributed by atoms with Gasteiger partial charge in [-0.05, 0) is 67.0 Å². The van der Waals surface area contributed by atoms with E-state index in [9.17, 15) is 4.79 Å². The molecule has 1 fully saturated rings. The van der Waals surface area contributed by atoms with Gasteiger partial charge in [0.25, 0.3) is 5.91 Å². The summed E-state index contributed by atoms with van der Waals surface area (Å²) in [6, 6.07) is 16.0. The summed E-state index contributed by atoms with van der Waals surface area (Å²) in [6.07, 6.45) is 7.42. The van der Waals surface area contributed by atoms with Gasteiger partial charge in [-0.15, -0.1) is 11.3 Å². The minimum absolute atomic E-state index is 0.0986. The number of nitrogens with zero attached hydrogens (tertiary/aromatic N) is 2. The fourth-order valence-corrected chi connectivity index (χ4v) is 4.95. The molecule has 3 heterocycles. The summed E-state index contributed by atoms with van der Waals surface area (Å²) in [5.74, 6) is 0.650. The highest BCUT2D eigenvalue weighted by Crippen LogP contribution is 2.30. The molecule has 0 aliphatic carbocycles. The van der Waals surface area contributed by atoms with Crippen LogP contribution >= 0.6 is 11.3 Å². The van der Waals surface area contributed by atoms with Crippen molar-refractivity contribution in [2.75, 3.05) is 13.1 Å². The van der Waals surface area contributed by atoms with Crippen LogP contribution in [0.25, 0.3) is 0 Å². The second kappa shape index (κ2) is 9.22. The summed E-state index contributed by atoms with van der Waals surface area (Å²) in [7, 11) is 0. The molecule has 3 N–H and O–H groups in total. The van der Waals surface area contributed by atoms with Crippen LogP contribution in [0.2, 0.25) is 0 Å². The van der Waals surface area contributed by atoms with Crippen molar-refractivity contribution in [3.63, 3.8) is 0 Å². The normalized spacial score (nSPS) is 14.6. The highest BCUT2D eigenvalue weighted by molar-refractivity contribution is 7.14. The van der Waals surface area contributed by atoms with Crippen molar-refractivity contribution in [3.8, 4) is 0 Å². The van der Waals surface area contributed by atoms with Crippen molar-refractivity contribution in [2.45, 2.75) is 31.6 Å². The largest absolute Gasteiger partial charge is 0.384 e. The number of carbonyl (C=O) groups is 1. The molecular formula is C24H26N4OS. The molecule has 2 aromatic heterocycles. The molecule has 3 aromatic rings. The van der Waals surface area contributed by atoms with Gasteiger partial charge in [0, 0.05) is 35.9 Å². The Balaban J connectivity index is 1.33. The Kier molecular flexibility index (Phi) is 6.23. The monoisotopic (exact) mass is 418 g/mol. The number of nitrogens with one attached hydrogen (secondary N) is 1. The zero-order valence-corrected chi connectivity index (χ0v) is 17.7. The first-order valence-electron chi connectivity index (χ1n) is 10.3. The lowest BCUT2D eigenvalue weighted by atomic mass is 9.88. The molecule has 30 heavy (non-hydrogen) atoms. The van der Waals surface area contributed by atoms with E-state index in [0.29, 0.717) is 5.92 Å². The van der Waals surface area contributed by atoms with Crippen molar-refractivity contribution >= 4 is 23.1 Å². The number of likely N-dealkylation sites (tertiary alicyclic amines) is 1. The average Bonchev–Trinajstić information content (AvgIpc) is 3.27. The smallest absolute Gasteiger partial charge is 0.263 e. The number of aryl methyl sites for hydroxylation is 2. The predicted molar refractivity (Wildman–Crippen MR) is 121 cm³/mol. The molecule has 154 valence electrons. The van der Waals surface area contributed by atoms with Crippen LogP contribution in [-0.2, 0) is 12.8 Å². The number of thiophene rings is 1. The fraction of sp³-hybridized carbons (Fsp3) is 0.292. The van der Waals surface area contributed by atoms with E-state index >= 15 is 0 Å². The molecule has 6 heteroatoms. The van der Waals surface area contributed by atoms with Crippen LogP contribution in [0.4, 0.5) is 0 Å². The first-order valence-corrected chi connectivity index (χ1v) is 11.1. The van der Waals surface area contributed by atoms with E-state index in [-0.39, 0.29) is 11.7 Å². The maximum atomic E-state index is 13.0. The van der Waals surface area contributed by atoms with E-state index in [1.807, 2.05) is 41.4 Å². The summed E-state index contributed by atoms with van der Waals surface area (Å²) >= 11 is 1.61. The topological polar surface area (TPSA) is 83.1 Å². The Bertz CT molecular complexity index is 1020. The van der Waals surface area contributed by atoms with Gasteiger partial charge in [-0.3, -0.25) is 15.2 Å². The van der Waals surface area contributed by atoms with Crippen LogP contribution < -0.4 is 5.73 Å². The summed E-state index contributed by atoms with van der Waals surface area (Å²) in [4.78, 5) is 21.2. The number of nitrogen functional groups attached to an aromatic ring is 1. The summed E-state index contributed by atoms with van der Waals surface area (Å²) in [6.45, 7) is 1.52. The molecular weight excluding hydrogens is 392 g/mol. The number of amides is 1. The van der Waals surface area contributed by atoms with Gasteiger partial charge in [-0.1, -0.05) is 24.3 Å². The third kappa shape index (κ3) is 4.76. The van der Waals surface area contributed by atoms with Gasteiger partial charge in [0.2, 0.25) is 0 Å². The van der Waals surface area contributed by atoms with Gasteiger partial charge in [-0.2, -0.15) is 0 Å². The van der Waals surface area contributed by atoms with Crippen molar-refractivity contribution < 1.29 is 4.79 Å². The molecule has 1 aliphatic heterocycles. The highest BCUT2D eigenvalue weighted by atomic mass is 32.1. The molecule has 1 aromatic carbocycles. The summed E-state index contributed by atoms with van der Waals surface area (Å²) < 4.78 is 0. The number of amidine groups is 1. The highest BCUT2D eigenvalue weighted by Gasteiger charge is 2.25. The second-order valence-corrected chi connectivity index (χ2v) is 8.90. The maximum Gasteiger partial charge on any atom is 0.263 e. The van der Waals surface area contributed by atoms with E-state index in [0.717, 1.165) is 49.2 Å². The van der Waals surface area contributed by atoms with Crippen molar-refractivity contribution in [3.05, 3.63) is 87.4 Å². The second-order valence-electron chi connectivity index (χ2n) is 7.73. The van der Waals surface area contributed by atoms with Gasteiger partial charge in [-0.25, -0.2) is 0 Å². The lowest BCUT2D eigenvalue weighted by Crippen LogP contribution is -2.37. The van der Waals surface area contributed by atoms with Crippen LogP contribution in [0.1, 0.15) is 50.0 Å². The number of pyridine rings is 1. The van der Waals surface area contributed by atoms with Crippen molar-refractivity contribution in [2.24, 2.45) is 5.73 Å². The fourth-order valence-electron chi connectivity index (χ4n) is 3.97. The van der Waals surface area contributed by atoms with E-state index < -0.39 is 0 Å². The Morgan fingerprint density at radius 3 is 2.70 bits per heavy atom. The van der Waals surface area contributed by atoms with E-state index in [2.05, 4.69) is 23.2 Å². The number of benzene rings is 1. The van der Waals surface area contributed by atoms with Crippen LogP contribution in [-0.4, -0.2) is 34.7 Å². The van der Waals surface area contributed by atoms with Crippen molar-refractivity contribution in [1.82, 2.24) is 9.88 Å². The Hall–Kier alpha value is -2.99. The van der Waals surface area contributed by atoms with Crippen LogP contribution in [0.5, 0.6) is 0 Å². The number of hydrogen-bond donors (Lipinski definition) is 2. The minimum atomic E-state index is 0.0986. The lowest BCUT2D eigenvalue weighted by molar-refractivity contribution is 0.0718. The Morgan fingerprint density at radius 1 is 1.13 bits per heavy atom. The van der Waals surface area contributed by atoms with E-state index in [1.165, 1.54) is 16.0 Å². The minimum Gasteiger partial charge on any atom is -0.384 e. The molecule has 1 saturated heterocycles. The summed E-state index contributed by atoms with van der Waals surface area (Å²) in [5, 5.41) is 7.63. The van der Waals surface area contributed by atoms with Gasteiger partial charge in [0.05, 0.1) is 4.88 Å².